The number of benzene rings is 2. The third-order valence-corrected chi connectivity index (χ3v) is 6.46. The Hall–Kier alpha value is -3.20. The van der Waals surface area contributed by atoms with E-state index in [4.69, 9.17) is 14.5 Å². The average molecular weight is 542 g/mol. The standard InChI is InChI=1S/C26H28BrN3O5/c1-3-34-23-13-17(9-12-22(23)35-16-24(31)33-2)15-28-30-25(18-7-5-4-6-8-18)29-21-11-10-19(27)14-20(21)26(30)32/h9-15,18H,3-8,16H2,1-2H3. The van der Waals surface area contributed by atoms with E-state index >= 15 is 0 Å². The molecule has 3 aromatic rings. The van der Waals surface area contributed by atoms with Crippen LogP contribution in [0.25, 0.3) is 10.9 Å². The van der Waals surface area contributed by atoms with Gasteiger partial charge in [0.25, 0.3) is 5.56 Å². The van der Waals surface area contributed by atoms with Crippen molar-refractivity contribution in [3.63, 3.8) is 0 Å². The van der Waals surface area contributed by atoms with E-state index in [1.807, 2.05) is 19.1 Å². The van der Waals surface area contributed by atoms with Crippen molar-refractivity contribution < 1.29 is 19.0 Å². The number of esters is 1. The zero-order valence-electron chi connectivity index (χ0n) is 19.8. The molecule has 4 rings (SSSR count). The normalized spacial score (nSPS) is 14.4. The predicted molar refractivity (Wildman–Crippen MR) is 138 cm³/mol. The highest BCUT2D eigenvalue weighted by atomic mass is 79.9. The van der Waals surface area contributed by atoms with Gasteiger partial charge in [0.05, 0.1) is 30.8 Å². The quantitative estimate of drug-likeness (QED) is 0.293. The molecular weight excluding hydrogens is 514 g/mol. The average Bonchev–Trinajstić information content (AvgIpc) is 2.88. The molecule has 1 fully saturated rings. The third-order valence-electron chi connectivity index (χ3n) is 5.97. The summed E-state index contributed by atoms with van der Waals surface area (Å²) in [6.45, 7) is 2.06. The highest BCUT2D eigenvalue weighted by Crippen LogP contribution is 2.32. The lowest BCUT2D eigenvalue weighted by molar-refractivity contribution is -0.142. The molecule has 0 radical (unpaired) electrons. The summed E-state index contributed by atoms with van der Waals surface area (Å²) >= 11 is 3.45. The Bertz CT molecular complexity index is 1300. The smallest absolute Gasteiger partial charge is 0.343 e. The maximum Gasteiger partial charge on any atom is 0.343 e. The van der Waals surface area contributed by atoms with Gasteiger partial charge in [0.1, 0.15) is 5.82 Å². The summed E-state index contributed by atoms with van der Waals surface area (Å²) in [6.07, 6.45) is 7.04. The first-order chi connectivity index (χ1) is 17.0. The molecule has 2 aromatic carbocycles. The van der Waals surface area contributed by atoms with Crippen molar-refractivity contribution in [2.75, 3.05) is 20.3 Å². The van der Waals surface area contributed by atoms with Crippen molar-refractivity contribution in [1.29, 1.82) is 0 Å². The lowest BCUT2D eigenvalue weighted by Gasteiger charge is -2.22. The van der Waals surface area contributed by atoms with Gasteiger partial charge in [-0.05, 0) is 61.7 Å². The van der Waals surface area contributed by atoms with E-state index in [1.54, 1.807) is 30.5 Å². The molecular formula is C26H28BrN3O5. The SMILES string of the molecule is CCOc1cc(C=Nn2c(C3CCCCC3)nc3ccc(Br)cc3c2=O)ccc1OCC(=O)OC. The minimum absolute atomic E-state index is 0.190. The van der Waals surface area contributed by atoms with E-state index in [-0.39, 0.29) is 18.1 Å². The summed E-state index contributed by atoms with van der Waals surface area (Å²) < 4.78 is 18.1. The van der Waals surface area contributed by atoms with E-state index in [2.05, 4.69) is 25.8 Å². The van der Waals surface area contributed by atoms with Crippen LogP contribution in [0.4, 0.5) is 0 Å². The van der Waals surface area contributed by atoms with E-state index in [0.717, 1.165) is 35.7 Å². The zero-order valence-corrected chi connectivity index (χ0v) is 21.4. The third kappa shape index (κ3) is 5.90. The van der Waals surface area contributed by atoms with Crippen molar-refractivity contribution in [3.8, 4) is 11.5 Å². The summed E-state index contributed by atoms with van der Waals surface area (Å²) in [4.78, 5) is 29.8. The molecule has 35 heavy (non-hydrogen) atoms. The van der Waals surface area contributed by atoms with Crippen LogP contribution in [0.5, 0.6) is 11.5 Å². The number of halogens is 1. The fourth-order valence-electron chi connectivity index (χ4n) is 4.22. The second kappa shape index (κ2) is 11.5. The van der Waals surface area contributed by atoms with Crippen molar-refractivity contribution >= 4 is 39.0 Å². The second-order valence-corrected chi connectivity index (χ2v) is 9.25. The Morgan fingerprint density at radius 1 is 1.14 bits per heavy atom. The molecule has 9 heteroatoms. The minimum atomic E-state index is -0.483. The van der Waals surface area contributed by atoms with Gasteiger partial charge in [-0.2, -0.15) is 9.78 Å². The Morgan fingerprint density at radius 3 is 2.69 bits per heavy atom. The van der Waals surface area contributed by atoms with Crippen molar-refractivity contribution in [2.45, 2.75) is 44.9 Å². The lowest BCUT2D eigenvalue weighted by Crippen LogP contribution is -2.25. The molecule has 0 spiro atoms. The van der Waals surface area contributed by atoms with E-state index in [1.165, 1.54) is 18.2 Å². The molecule has 1 aliphatic carbocycles. The number of methoxy groups -OCH3 is 1. The van der Waals surface area contributed by atoms with Gasteiger partial charge in [0.2, 0.25) is 0 Å². The van der Waals surface area contributed by atoms with Crippen LogP contribution >= 0.6 is 15.9 Å². The zero-order chi connectivity index (χ0) is 24.8. The van der Waals surface area contributed by atoms with E-state index < -0.39 is 5.97 Å². The molecule has 1 aromatic heterocycles. The molecule has 0 saturated heterocycles. The summed E-state index contributed by atoms with van der Waals surface area (Å²) in [5.41, 5.74) is 1.20. The maximum atomic E-state index is 13.5. The van der Waals surface area contributed by atoms with Gasteiger partial charge in [-0.3, -0.25) is 4.79 Å². The molecule has 0 amide bonds. The van der Waals surface area contributed by atoms with Crippen LogP contribution in [-0.4, -0.2) is 42.2 Å². The van der Waals surface area contributed by atoms with Gasteiger partial charge in [-0.25, -0.2) is 9.78 Å². The molecule has 1 heterocycles. The van der Waals surface area contributed by atoms with Crippen LogP contribution in [0.3, 0.4) is 0 Å². The second-order valence-electron chi connectivity index (χ2n) is 8.33. The Labute approximate surface area is 212 Å². The van der Waals surface area contributed by atoms with Crippen molar-refractivity contribution in [3.05, 3.63) is 62.6 Å². The maximum absolute atomic E-state index is 13.5. The van der Waals surface area contributed by atoms with Crippen LogP contribution < -0.4 is 15.0 Å². The molecule has 0 aliphatic heterocycles. The highest BCUT2D eigenvalue weighted by Gasteiger charge is 2.22. The van der Waals surface area contributed by atoms with Gasteiger partial charge >= 0.3 is 5.97 Å². The topological polar surface area (TPSA) is 92.0 Å². The lowest BCUT2D eigenvalue weighted by atomic mass is 9.88. The largest absolute Gasteiger partial charge is 0.490 e. The van der Waals surface area contributed by atoms with Crippen LogP contribution in [0.1, 0.15) is 56.3 Å². The number of hydrogen-bond acceptors (Lipinski definition) is 7. The number of carbonyl (C=O) groups is 1. The molecule has 0 unspecified atom stereocenters. The van der Waals surface area contributed by atoms with Gasteiger partial charge in [0.15, 0.2) is 18.1 Å². The fourth-order valence-corrected chi connectivity index (χ4v) is 4.58. The van der Waals surface area contributed by atoms with Crippen molar-refractivity contribution in [1.82, 2.24) is 9.66 Å². The molecule has 0 bridgehead atoms. The van der Waals surface area contributed by atoms with Crippen molar-refractivity contribution in [2.24, 2.45) is 5.10 Å². The Morgan fingerprint density at radius 2 is 1.94 bits per heavy atom. The number of rotatable bonds is 8. The van der Waals surface area contributed by atoms with Crippen LogP contribution in [0, 0.1) is 0 Å². The van der Waals surface area contributed by atoms with E-state index in [9.17, 15) is 9.59 Å². The number of hydrogen-bond donors (Lipinski definition) is 0. The van der Waals surface area contributed by atoms with Crippen LogP contribution in [0.2, 0.25) is 0 Å². The van der Waals surface area contributed by atoms with Gasteiger partial charge < -0.3 is 14.2 Å². The summed E-state index contributed by atoms with van der Waals surface area (Å²) in [6, 6.07) is 10.8. The monoisotopic (exact) mass is 541 g/mol. The Kier molecular flexibility index (Phi) is 8.17. The molecule has 184 valence electrons. The molecule has 1 saturated carbocycles. The van der Waals surface area contributed by atoms with Gasteiger partial charge in [-0.15, -0.1) is 0 Å². The van der Waals surface area contributed by atoms with Gasteiger partial charge in [0, 0.05) is 10.4 Å². The predicted octanol–water partition coefficient (Wildman–Crippen LogP) is 5.04. The number of carbonyl (C=O) groups excluding carboxylic acids is 1. The number of aromatic nitrogens is 2. The van der Waals surface area contributed by atoms with E-state index in [0.29, 0.717) is 34.8 Å². The number of nitrogens with zero attached hydrogens (tertiary/aromatic N) is 3. The minimum Gasteiger partial charge on any atom is -0.490 e. The molecule has 0 N–H and O–H groups in total. The van der Waals surface area contributed by atoms with Gasteiger partial charge in [-0.1, -0.05) is 35.2 Å². The van der Waals surface area contributed by atoms with Crippen LogP contribution in [-0.2, 0) is 9.53 Å². The number of ether oxygens (including phenoxy) is 3. The first kappa shape index (κ1) is 24.9. The number of fused-ring (bicyclic) bond motifs is 1. The highest BCUT2D eigenvalue weighted by molar-refractivity contribution is 9.10. The summed E-state index contributed by atoms with van der Waals surface area (Å²) in [5.74, 6) is 1.30. The summed E-state index contributed by atoms with van der Waals surface area (Å²) in [7, 11) is 1.30. The Balaban J connectivity index is 1.72. The molecule has 8 nitrogen and oxygen atoms in total. The van der Waals surface area contributed by atoms with Crippen LogP contribution in [0.15, 0.2) is 50.8 Å². The molecule has 1 aliphatic rings. The molecule has 0 atom stereocenters. The fraction of sp³-hybridized carbons (Fsp3) is 0.385. The first-order valence-corrected chi connectivity index (χ1v) is 12.5. The first-order valence-electron chi connectivity index (χ1n) is 11.7. The summed E-state index contributed by atoms with van der Waals surface area (Å²) in [5, 5.41) is 5.09.